The first-order valence-electron chi connectivity index (χ1n) is 14.3. The number of aromatic nitrogens is 2. The Labute approximate surface area is 239 Å². The molecule has 1 unspecified atom stereocenters. The maximum Gasteiger partial charge on any atom is 0.573 e. The van der Waals surface area contributed by atoms with Crippen molar-refractivity contribution in [1.29, 1.82) is 0 Å². The van der Waals surface area contributed by atoms with Crippen LogP contribution in [0.1, 0.15) is 62.2 Å². The van der Waals surface area contributed by atoms with Crippen LogP contribution in [0.25, 0.3) is 22.6 Å². The van der Waals surface area contributed by atoms with Gasteiger partial charge in [-0.05, 0) is 81.3 Å². The van der Waals surface area contributed by atoms with Crippen molar-refractivity contribution in [3.63, 3.8) is 0 Å². The standard InChI is InChI=1S/C31H30F3N3O5/c32-31(33,34)40-26-7-2-1-6-24(26)29-25(30(42-36-29)19-8-9-19)17-39-23-14-21-4-3-5-22(15-23)37(21)20-12-10-18(11-13-20)27-16-28(38)35-41-27/h1-2,6-7,10-13,16,19,21-23H,3-5,8-9,14-15,17H2,(H,35,38)/t21-,22+,23?. The number of benzene rings is 2. The monoisotopic (exact) mass is 581 g/mol. The number of para-hydroxylation sites is 1. The number of nitrogens with one attached hydrogen (secondary N) is 1. The van der Waals surface area contributed by atoms with E-state index in [1.165, 1.54) is 18.2 Å². The van der Waals surface area contributed by atoms with Crippen molar-refractivity contribution in [2.75, 3.05) is 4.90 Å². The third-order valence-corrected chi connectivity index (χ3v) is 8.50. The van der Waals surface area contributed by atoms with E-state index in [1.54, 1.807) is 12.1 Å². The van der Waals surface area contributed by atoms with Gasteiger partial charge < -0.3 is 23.4 Å². The summed E-state index contributed by atoms with van der Waals surface area (Å²) in [5, 5.41) is 6.53. The van der Waals surface area contributed by atoms with Crippen LogP contribution in [-0.2, 0) is 11.3 Å². The molecule has 8 nitrogen and oxygen atoms in total. The molecule has 11 heteroatoms. The average Bonchev–Trinajstić information content (AvgIpc) is 3.57. The lowest BCUT2D eigenvalue weighted by Crippen LogP contribution is -2.54. The summed E-state index contributed by atoms with van der Waals surface area (Å²) < 4.78 is 61.1. The minimum atomic E-state index is -4.82. The first-order valence-corrected chi connectivity index (χ1v) is 14.3. The lowest BCUT2D eigenvalue weighted by Gasteiger charge is -2.50. The maximum absolute atomic E-state index is 13.1. The van der Waals surface area contributed by atoms with Crippen LogP contribution in [0.4, 0.5) is 18.9 Å². The minimum Gasteiger partial charge on any atom is -0.405 e. The van der Waals surface area contributed by atoms with E-state index in [4.69, 9.17) is 13.8 Å². The van der Waals surface area contributed by atoms with Crippen molar-refractivity contribution in [2.45, 2.75) is 82.0 Å². The van der Waals surface area contributed by atoms with Gasteiger partial charge in [-0.15, -0.1) is 13.2 Å². The highest BCUT2D eigenvalue weighted by atomic mass is 19.4. The summed E-state index contributed by atoms with van der Waals surface area (Å²) >= 11 is 0. The van der Waals surface area contributed by atoms with Gasteiger partial charge >= 0.3 is 6.36 Å². The Kier molecular flexibility index (Phi) is 6.84. The molecule has 0 amide bonds. The number of hydrogen-bond acceptors (Lipinski definition) is 7. The highest BCUT2D eigenvalue weighted by Gasteiger charge is 2.40. The van der Waals surface area contributed by atoms with Gasteiger partial charge in [0.2, 0.25) is 0 Å². The van der Waals surface area contributed by atoms with Gasteiger partial charge in [-0.2, -0.15) is 5.16 Å². The summed E-state index contributed by atoms with van der Waals surface area (Å²) in [5.74, 6) is 1.10. The smallest absolute Gasteiger partial charge is 0.405 e. The number of ether oxygens (including phenoxy) is 2. The molecule has 2 bridgehead atoms. The molecule has 1 saturated carbocycles. The number of nitrogens with zero attached hydrogens (tertiary/aromatic N) is 2. The number of piperidine rings is 2. The van der Waals surface area contributed by atoms with E-state index >= 15 is 0 Å². The Morgan fingerprint density at radius 3 is 2.40 bits per heavy atom. The second-order valence-electron chi connectivity index (χ2n) is 11.4. The van der Waals surface area contributed by atoms with Gasteiger partial charge in [0.1, 0.15) is 17.2 Å². The van der Waals surface area contributed by atoms with Gasteiger partial charge in [0.25, 0.3) is 5.56 Å². The molecule has 3 atom stereocenters. The minimum absolute atomic E-state index is 0.00132. The van der Waals surface area contributed by atoms with Crippen LogP contribution in [0, 0.1) is 0 Å². The van der Waals surface area contributed by atoms with Gasteiger partial charge in [-0.3, -0.25) is 4.79 Å². The Morgan fingerprint density at radius 1 is 1.00 bits per heavy atom. The van der Waals surface area contributed by atoms with Gasteiger partial charge in [-0.25, -0.2) is 0 Å². The SMILES string of the molecule is O=c1cc(-c2ccc(N3[C@@H]4CCC[C@H]3CC(OCc3c(-c5ccccc5OC(F)(F)F)noc3C3CC3)C4)cc2)o[nH]1. The molecule has 1 aliphatic carbocycles. The first-order chi connectivity index (χ1) is 20.3. The molecular weight excluding hydrogens is 551 g/mol. The lowest BCUT2D eigenvalue weighted by molar-refractivity contribution is -0.274. The van der Waals surface area contributed by atoms with Crippen molar-refractivity contribution in [1.82, 2.24) is 10.3 Å². The largest absolute Gasteiger partial charge is 0.573 e. The van der Waals surface area contributed by atoms with E-state index < -0.39 is 6.36 Å². The van der Waals surface area contributed by atoms with Crippen molar-refractivity contribution in [3.8, 4) is 28.3 Å². The Morgan fingerprint density at radius 2 is 1.74 bits per heavy atom. The number of anilines is 1. The zero-order valence-electron chi connectivity index (χ0n) is 22.7. The molecular formula is C31H30F3N3O5. The lowest BCUT2D eigenvalue weighted by atomic mass is 9.82. The highest BCUT2D eigenvalue weighted by molar-refractivity contribution is 5.70. The third kappa shape index (κ3) is 5.45. The van der Waals surface area contributed by atoms with E-state index in [0.717, 1.165) is 56.2 Å². The summed E-state index contributed by atoms with van der Waals surface area (Å²) in [6, 6.07) is 16.1. The Hall–Kier alpha value is -3.99. The summed E-state index contributed by atoms with van der Waals surface area (Å²) in [6.45, 7) is 0.214. The number of H-pyrrole nitrogens is 1. The Balaban J connectivity index is 1.08. The summed E-state index contributed by atoms with van der Waals surface area (Å²) in [5.41, 5.74) is 2.97. The van der Waals surface area contributed by atoms with Crippen LogP contribution in [0.15, 0.2) is 68.4 Å². The number of alkyl halides is 3. The van der Waals surface area contributed by atoms with Crippen LogP contribution < -0.4 is 15.2 Å². The fraction of sp³-hybridized carbons (Fsp3) is 0.419. The molecule has 220 valence electrons. The third-order valence-electron chi connectivity index (χ3n) is 8.50. The van der Waals surface area contributed by atoms with Gasteiger partial charge in [-0.1, -0.05) is 17.3 Å². The molecule has 3 fully saturated rings. The molecule has 7 rings (SSSR count). The van der Waals surface area contributed by atoms with E-state index in [1.807, 2.05) is 12.1 Å². The van der Waals surface area contributed by atoms with E-state index in [9.17, 15) is 18.0 Å². The first kappa shape index (κ1) is 26.9. The molecule has 3 aliphatic rings. The summed E-state index contributed by atoms with van der Waals surface area (Å²) in [4.78, 5) is 13.9. The highest BCUT2D eigenvalue weighted by Crippen LogP contribution is 2.46. The molecule has 4 aromatic rings. The van der Waals surface area contributed by atoms with Crippen molar-refractivity contribution in [3.05, 3.63) is 76.3 Å². The molecule has 1 N–H and O–H groups in total. The fourth-order valence-electron chi connectivity index (χ4n) is 6.53. The van der Waals surface area contributed by atoms with Gasteiger partial charge in [0.05, 0.1) is 18.8 Å². The number of aromatic amines is 1. The van der Waals surface area contributed by atoms with Crippen molar-refractivity contribution in [2.24, 2.45) is 0 Å². The topological polar surface area (TPSA) is 93.7 Å². The molecule has 0 spiro atoms. The van der Waals surface area contributed by atoms with Crippen LogP contribution >= 0.6 is 0 Å². The summed E-state index contributed by atoms with van der Waals surface area (Å²) in [6.07, 6.45) is 2.05. The quantitative estimate of drug-likeness (QED) is 0.236. The van der Waals surface area contributed by atoms with E-state index in [0.29, 0.717) is 34.9 Å². The average molecular weight is 582 g/mol. The molecule has 2 aromatic carbocycles. The van der Waals surface area contributed by atoms with Crippen molar-refractivity contribution >= 4 is 5.69 Å². The molecule has 2 aromatic heterocycles. The fourth-order valence-corrected chi connectivity index (χ4v) is 6.53. The van der Waals surface area contributed by atoms with Crippen LogP contribution in [-0.4, -0.2) is 34.9 Å². The number of halogens is 3. The predicted molar refractivity (Wildman–Crippen MR) is 147 cm³/mol. The zero-order valence-corrected chi connectivity index (χ0v) is 22.7. The van der Waals surface area contributed by atoms with Crippen LogP contribution in [0.2, 0.25) is 0 Å². The van der Waals surface area contributed by atoms with Crippen LogP contribution in [0.3, 0.4) is 0 Å². The number of rotatable bonds is 8. The van der Waals surface area contributed by atoms with E-state index in [2.05, 4.69) is 32.1 Å². The molecule has 4 heterocycles. The normalized spacial score (nSPS) is 22.4. The molecule has 0 radical (unpaired) electrons. The number of hydrogen-bond donors (Lipinski definition) is 1. The number of fused-ring (bicyclic) bond motifs is 2. The van der Waals surface area contributed by atoms with Gasteiger partial charge in [0.15, 0.2) is 5.76 Å². The summed E-state index contributed by atoms with van der Waals surface area (Å²) in [7, 11) is 0. The molecule has 2 aliphatic heterocycles. The molecule has 2 saturated heterocycles. The predicted octanol–water partition coefficient (Wildman–Crippen LogP) is 7.17. The van der Waals surface area contributed by atoms with E-state index in [-0.39, 0.29) is 35.5 Å². The van der Waals surface area contributed by atoms with Crippen molar-refractivity contribution < 1.29 is 31.7 Å². The molecule has 42 heavy (non-hydrogen) atoms. The maximum atomic E-state index is 13.1. The van der Waals surface area contributed by atoms with Crippen LogP contribution in [0.5, 0.6) is 5.75 Å². The Bertz CT molecular complexity index is 1590. The second kappa shape index (κ2) is 10.7. The van der Waals surface area contributed by atoms with Gasteiger partial charge in [0, 0.05) is 40.4 Å². The second-order valence-corrected chi connectivity index (χ2v) is 11.4. The zero-order chi connectivity index (χ0) is 28.8.